The van der Waals surface area contributed by atoms with E-state index in [1.54, 1.807) is 13.0 Å². The zero-order valence-corrected chi connectivity index (χ0v) is 13.5. The highest BCUT2D eigenvalue weighted by molar-refractivity contribution is 6.21. The highest BCUT2D eigenvalue weighted by Crippen LogP contribution is 2.20. The smallest absolute Gasteiger partial charge is 0.312 e. The number of allylic oxidation sites excluding steroid dienone is 4. The lowest BCUT2D eigenvalue weighted by molar-refractivity contribution is -0.384. The minimum absolute atomic E-state index is 0.0218. The number of non-ortho nitro benzene ring substituents is 1. The van der Waals surface area contributed by atoms with Crippen LogP contribution in [0.25, 0.3) is 0 Å². The molecular weight excluding hydrogens is 312 g/mol. The Kier molecular flexibility index (Phi) is 5.03. The van der Waals surface area contributed by atoms with Crippen LogP contribution in [0.15, 0.2) is 52.7 Å². The molecule has 0 bridgehead atoms. The lowest BCUT2D eigenvalue weighted by atomic mass is 9.90. The van der Waals surface area contributed by atoms with Gasteiger partial charge < -0.3 is 4.84 Å². The summed E-state index contributed by atoms with van der Waals surface area (Å²) >= 11 is 0. The molecule has 0 amide bonds. The molecule has 7 heteroatoms. The van der Waals surface area contributed by atoms with E-state index >= 15 is 0 Å². The first-order valence-electron chi connectivity index (χ1n) is 7.28. The van der Waals surface area contributed by atoms with Gasteiger partial charge in [-0.1, -0.05) is 25.1 Å². The second-order valence-electron chi connectivity index (χ2n) is 5.61. The molecule has 0 fully saturated rings. The van der Waals surface area contributed by atoms with Crippen molar-refractivity contribution in [3.05, 3.63) is 63.2 Å². The minimum atomic E-state index is -0.808. The van der Waals surface area contributed by atoms with Gasteiger partial charge >= 0.3 is 5.97 Å². The Morgan fingerprint density at radius 1 is 1.29 bits per heavy atom. The summed E-state index contributed by atoms with van der Waals surface area (Å²) in [5.41, 5.74) is 1.36. The number of nitro groups is 1. The number of benzene rings is 1. The van der Waals surface area contributed by atoms with Gasteiger partial charge in [-0.05, 0) is 42.2 Å². The summed E-state index contributed by atoms with van der Waals surface area (Å²) in [6.07, 6.45) is 3.03. The van der Waals surface area contributed by atoms with Crippen LogP contribution in [0.1, 0.15) is 31.1 Å². The molecule has 0 saturated heterocycles. The van der Waals surface area contributed by atoms with E-state index in [1.807, 2.05) is 13.8 Å². The van der Waals surface area contributed by atoms with E-state index in [1.165, 1.54) is 24.3 Å². The number of ketones is 1. The van der Waals surface area contributed by atoms with Crippen molar-refractivity contribution >= 4 is 23.2 Å². The van der Waals surface area contributed by atoms with Gasteiger partial charge in [-0.15, -0.1) is 0 Å². The third kappa shape index (κ3) is 3.81. The Morgan fingerprint density at radius 3 is 2.62 bits per heavy atom. The summed E-state index contributed by atoms with van der Waals surface area (Å²) in [5.74, 6) is -0.895. The van der Waals surface area contributed by atoms with Crippen molar-refractivity contribution in [3.63, 3.8) is 0 Å². The fraction of sp³-hybridized carbons (Fsp3) is 0.235. The summed E-state index contributed by atoms with van der Waals surface area (Å²) in [4.78, 5) is 38.8. The van der Waals surface area contributed by atoms with Crippen LogP contribution in [0.4, 0.5) is 5.69 Å². The fourth-order valence-electron chi connectivity index (χ4n) is 2.12. The number of rotatable bonds is 4. The SMILES string of the molecule is CC1=C/C(=N/OC(=O)c2cccc([N+](=O)[O-])c2)C(C(C)C)=CC1=O. The van der Waals surface area contributed by atoms with Crippen LogP contribution in [0, 0.1) is 16.0 Å². The summed E-state index contributed by atoms with van der Waals surface area (Å²) in [6.45, 7) is 5.44. The average Bonchev–Trinajstić information content (AvgIpc) is 2.55. The molecule has 124 valence electrons. The van der Waals surface area contributed by atoms with Crippen molar-refractivity contribution in [3.8, 4) is 0 Å². The van der Waals surface area contributed by atoms with Gasteiger partial charge in [0.2, 0.25) is 0 Å². The number of hydrogen-bond donors (Lipinski definition) is 0. The van der Waals surface area contributed by atoms with E-state index < -0.39 is 10.9 Å². The second-order valence-corrected chi connectivity index (χ2v) is 5.61. The number of nitrogens with zero attached hydrogens (tertiary/aromatic N) is 2. The zero-order chi connectivity index (χ0) is 17.9. The van der Waals surface area contributed by atoms with Crippen LogP contribution in [0.2, 0.25) is 0 Å². The highest BCUT2D eigenvalue weighted by Gasteiger charge is 2.20. The van der Waals surface area contributed by atoms with Gasteiger partial charge in [0.15, 0.2) is 5.78 Å². The maximum absolute atomic E-state index is 12.0. The van der Waals surface area contributed by atoms with Crippen LogP contribution in [0.5, 0.6) is 0 Å². The molecule has 7 nitrogen and oxygen atoms in total. The lowest BCUT2D eigenvalue weighted by Crippen LogP contribution is -2.16. The van der Waals surface area contributed by atoms with E-state index in [4.69, 9.17) is 4.84 Å². The molecule has 1 aliphatic rings. The largest absolute Gasteiger partial charge is 0.366 e. The Morgan fingerprint density at radius 2 is 2.00 bits per heavy atom. The molecule has 1 aliphatic carbocycles. The van der Waals surface area contributed by atoms with Crippen LogP contribution < -0.4 is 0 Å². The number of hydrogen-bond acceptors (Lipinski definition) is 6. The molecule has 0 atom stereocenters. The number of carbonyl (C=O) groups excluding carboxylic acids is 2. The molecule has 0 radical (unpaired) electrons. The van der Waals surface area contributed by atoms with Crippen LogP contribution in [-0.4, -0.2) is 22.4 Å². The maximum Gasteiger partial charge on any atom is 0.366 e. The van der Waals surface area contributed by atoms with E-state index in [2.05, 4.69) is 5.16 Å². The molecular formula is C17H16N2O5. The molecule has 0 heterocycles. The molecule has 0 spiro atoms. The number of oxime groups is 1. The Labute approximate surface area is 138 Å². The third-order valence-corrected chi connectivity index (χ3v) is 3.47. The zero-order valence-electron chi connectivity index (χ0n) is 13.5. The van der Waals surface area contributed by atoms with E-state index in [9.17, 15) is 19.7 Å². The molecule has 0 aromatic heterocycles. The Hall–Kier alpha value is -3.09. The third-order valence-electron chi connectivity index (χ3n) is 3.47. The summed E-state index contributed by atoms with van der Waals surface area (Å²) in [7, 11) is 0. The van der Waals surface area contributed by atoms with Gasteiger partial charge in [0.05, 0.1) is 10.5 Å². The predicted octanol–water partition coefficient (Wildman–Crippen LogP) is 3.22. The average molecular weight is 328 g/mol. The van der Waals surface area contributed by atoms with Crippen molar-refractivity contribution in [2.75, 3.05) is 0 Å². The monoisotopic (exact) mass is 328 g/mol. The van der Waals surface area contributed by atoms with Crippen molar-refractivity contribution in [2.45, 2.75) is 20.8 Å². The molecule has 1 aromatic rings. The van der Waals surface area contributed by atoms with Gasteiger partial charge in [-0.25, -0.2) is 4.79 Å². The van der Waals surface area contributed by atoms with Crippen LogP contribution in [-0.2, 0) is 9.63 Å². The van der Waals surface area contributed by atoms with Gasteiger partial charge in [0.25, 0.3) is 5.69 Å². The van der Waals surface area contributed by atoms with Gasteiger partial charge in [-0.3, -0.25) is 14.9 Å². The Bertz CT molecular complexity index is 803. The molecule has 0 aliphatic heterocycles. The Balaban J connectivity index is 2.24. The standard InChI is InChI=1S/C17H16N2O5/c1-10(2)14-9-16(20)11(3)7-15(14)18-24-17(21)12-5-4-6-13(8-12)19(22)23/h4-10H,1-3H3/b18-15-. The van der Waals surface area contributed by atoms with Crippen LogP contribution in [0.3, 0.4) is 0 Å². The molecule has 2 rings (SSSR count). The molecule has 0 unspecified atom stereocenters. The molecule has 0 saturated carbocycles. The highest BCUT2D eigenvalue weighted by atomic mass is 16.7. The number of carbonyl (C=O) groups is 2. The minimum Gasteiger partial charge on any atom is -0.312 e. The molecule has 1 aromatic carbocycles. The number of nitro benzene ring substituents is 1. The van der Waals surface area contributed by atoms with Gasteiger partial charge in [0, 0.05) is 12.1 Å². The quantitative estimate of drug-likeness (QED) is 0.366. The predicted molar refractivity (Wildman–Crippen MR) is 87.6 cm³/mol. The van der Waals surface area contributed by atoms with E-state index in [-0.39, 0.29) is 23.0 Å². The second kappa shape index (κ2) is 6.99. The summed E-state index contributed by atoms with van der Waals surface area (Å²) < 4.78 is 0. The van der Waals surface area contributed by atoms with Crippen molar-refractivity contribution in [1.29, 1.82) is 0 Å². The summed E-state index contributed by atoms with van der Waals surface area (Å²) in [5, 5.41) is 14.6. The molecule has 0 N–H and O–H groups in total. The van der Waals surface area contributed by atoms with Crippen molar-refractivity contribution < 1.29 is 19.3 Å². The first-order chi connectivity index (χ1) is 11.3. The normalized spacial score (nSPS) is 16.0. The van der Waals surface area contributed by atoms with E-state index in [0.717, 1.165) is 6.07 Å². The van der Waals surface area contributed by atoms with E-state index in [0.29, 0.717) is 16.9 Å². The van der Waals surface area contributed by atoms with Gasteiger partial charge in [0.1, 0.15) is 5.71 Å². The maximum atomic E-state index is 12.0. The van der Waals surface area contributed by atoms with Gasteiger partial charge in [-0.2, -0.15) is 0 Å². The summed E-state index contributed by atoms with van der Waals surface area (Å²) in [6, 6.07) is 5.19. The lowest BCUT2D eigenvalue weighted by Gasteiger charge is -2.15. The van der Waals surface area contributed by atoms with Crippen molar-refractivity contribution in [1.82, 2.24) is 0 Å². The van der Waals surface area contributed by atoms with Crippen LogP contribution >= 0.6 is 0 Å². The first kappa shape index (κ1) is 17.3. The fourth-order valence-corrected chi connectivity index (χ4v) is 2.12. The topological polar surface area (TPSA) is 98.9 Å². The molecule has 24 heavy (non-hydrogen) atoms. The first-order valence-corrected chi connectivity index (χ1v) is 7.28. The van der Waals surface area contributed by atoms with Crippen molar-refractivity contribution in [2.24, 2.45) is 11.1 Å².